The van der Waals surface area contributed by atoms with Crippen LogP contribution >= 0.6 is 38.5 Å². The van der Waals surface area contributed by atoms with Crippen molar-refractivity contribution in [1.82, 2.24) is 0 Å². The molecule has 0 aromatic heterocycles. The molecule has 0 fully saturated rings. The van der Waals surface area contributed by atoms with Crippen molar-refractivity contribution in [2.24, 2.45) is 0 Å². The molecule has 0 radical (unpaired) electrons. The smallest absolute Gasteiger partial charge is 0.168 e. The summed E-state index contributed by atoms with van der Waals surface area (Å²) in [6.45, 7) is 6.24. The van der Waals surface area contributed by atoms with Crippen LogP contribution in [0.25, 0.3) is 0 Å². The summed E-state index contributed by atoms with van der Waals surface area (Å²) >= 11 is 5.70. The highest BCUT2D eigenvalue weighted by Gasteiger charge is 2.14. The Morgan fingerprint density at radius 1 is 1.10 bits per heavy atom. The first-order chi connectivity index (χ1) is 9.38. The number of rotatable bonds is 3. The Morgan fingerprint density at radius 3 is 2.30 bits per heavy atom. The minimum absolute atomic E-state index is 0.158. The lowest BCUT2D eigenvalue weighted by atomic mass is 9.94. The molecule has 20 heavy (non-hydrogen) atoms. The summed E-state index contributed by atoms with van der Waals surface area (Å²) in [6.07, 6.45) is 0.455. The van der Waals surface area contributed by atoms with E-state index in [1.165, 1.54) is 16.7 Å². The van der Waals surface area contributed by atoms with Gasteiger partial charge in [0.15, 0.2) is 5.78 Å². The molecule has 0 heterocycles. The quantitative estimate of drug-likeness (QED) is 0.459. The second-order valence-electron chi connectivity index (χ2n) is 5.10. The van der Waals surface area contributed by atoms with Gasteiger partial charge in [-0.15, -0.1) is 0 Å². The van der Waals surface area contributed by atoms with Crippen LogP contribution in [-0.4, -0.2) is 5.78 Å². The van der Waals surface area contributed by atoms with Gasteiger partial charge in [0.05, 0.1) is 0 Å². The Morgan fingerprint density at radius 2 is 1.70 bits per heavy atom. The van der Waals surface area contributed by atoms with Crippen LogP contribution in [-0.2, 0) is 6.42 Å². The molecule has 104 valence electrons. The van der Waals surface area contributed by atoms with Crippen LogP contribution in [0.4, 0.5) is 0 Å². The topological polar surface area (TPSA) is 17.1 Å². The van der Waals surface area contributed by atoms with E-state index in [4.69, 9.17) is 0 Å². The van der Waals surface area contributed by atoms with Gasteiger partial charge in [-0.1, -0.05) is 33.6 Å². The average molecular weight is 443 g/mol. The summed E-state index contributed by atoms with van der Waals surface area (Å²) in [5.41, 5.74) is 5.53. The summed E-state index contributed by atoms with van der Waals surface area (Å²) in [7, 11) is 0. The van der Waals surface area contributed by atoms with Gasteiger partial charge in [-0.25, -0.2) is 0 Å². The summed E-state index contributed by atoms with van der Waals surface area (Å²) in [4.78, 5) is 12.5. The predicted molar refractivity (Wildman–Crippen MR) is 95.5 cm³/mol. The van der Waals surface area contributed by atoms with E-state index in [0.29, 0.717) is 6.42 Å². The van der Waals surface area contributed by atoms with Crippen molar-refractivity contribution < 1.29 is 4.79 Å². The Bertz CT molecular complexity index is 654. The third kappa shape index (κ3) is 3.50. The largest absolute Gasteiger partial charge is 0.294 e. The van der Waals surface area contributed by atoms with Crippen LogP contribution in [0, 0.1) is 24.3 Å². The molecule has 2 aromatic rings. The Labute approximate surface area is 142 Å². The molecule has 0 amide bonds. The van der Waals surface area contributed by atoms with Gasteiger partial charge < -0.3 is 0 Å². The number of ketones is 1. The number of hydrogen-bond donors (Lipinski definition) is 0. The normalized spacial score (nSPS) is 10.7. The number of halogens is 2. The summed E-state index contributed by atoms with van der Waals surface area (Å²) < 4.78 is 1.94. The number of Topliss-reactive ketones (excluding diaryl/α,β-unsaturated/α-hetero) is 1. The molecule has 0 N–H and O–H groups in total. The molecule has 0 aliphatic heterocycles. The summed E-state index contributed by atoms with van der Waals surface area (Å²) in [5.74, 6) is 0.158. The molecule has 0 saturated carbocycles. The summed E-state index contributed by atoms with van der Waals surface area (Å²) in [5, 5.41) is 0. The molecule has 0 aliphatic rings. The fourth-order valence-electron chi connectivity index (χ4n) is 2.46. The molecular weight excluding hydrogens is 427 g/mol. The second kappa shape index (κ2) is 6.39. The Hall–Kier alpha value is -0.680. The Balaban J connectivity index is 2.35. The third-order valence-electron chi connectivity index (χ3n) is 3.41. The van der Waals surface area contributed by atoms with Crippen molar-refractivity contribution in [3.8, 4) is 0 Å². The van der Waals surface area contributed by atoms with Crippen LogP contribution < -0.4 is 0 Å². The van der Waals surface area contributed by atoms with E-state index in [1.54, 1.807) is 0 Å². The molecule has 2 rings (SSSR count). The molecule has 0 spiro atoms. The van der Waals surface area contributed by atoms with Crippen LogP contribution in [0.5, 0.6) is 0 Å². The molecule has 0 bridgehead atoms. The zero-order chi connectivity index (χ0) is 14.9. The standard InChI is InChI=1S/C17H16BrIO/c1-10-6-11(2)14(12(3)7-10)9-17(20)15-8-13(19)4-5-16(15)18/h4-8H,9H2,1-3H3. The minimum atomic E-state index is 0.158. The number of carbonyl (C=O) groups is 1. The number of aryl methyl sites for hydroxylation is 3. The van der Waals surface area contributed by atoms with Gasteiger partial charge in [0.2, 0.25) is 0 Å². The lowest BCUT2D eigenvalue weighted by Crippen LogP contribution is -2.08. The van der Waals surface area contributed by atoms with E-state index in [1.807, 2.05) is 18.2 Å². The van der Waals surface area contributed by atoms with E-state index < -0.39 is 0 Å². The van der Waals surface area contributed by atoms with Crippen LogP contribution in [0.2, 0.25) is 0 Å². The lowest BCUT2D eigenvalue weighted by Gasteiger charge is -2.11. The maximum Gasteiger partial charge on any atom is 0.168 e. The van der Waals surface area contributed by atoms with Gasteiger partial charge in [0, 0.05) is 20.0 Å². The maximum absolute atomic E-state index is 12.5. The number of hydrogen-bond acceptors (Lipinski definition) is 1. The average Bonchev–Trinajstić information content (AvgIpc) is 2.36. The SMILES string of the molecule is Cc1cc(C)c(CC(=O)c2cc(I)ccc2Br)c(C)c1. The van der Waals surface area contributed by atoms with Crippen molar-refractivity contribution in [2.45, 2.75) is 27.2 Å². The monoisotopic (exact) mass is 442 g/mol. The zero-order valence-corrected chi connectivity index (χ0v) is 15.5. The van der Waals surface area contributed by atoms with Gasteiger partial charge in [0.1, 0.15) is 0 Å². The molecule has 0 aliphatic carbocycles. The van der Waals surface area contributed by atoms with Crippen LogP contribution in [0.3, 0.4) is 0 Å². The highest BCUT2D eigenvalue weighted by atomic mass is 127. The Kier molecular flexibility index (Phi) is 5.02. The highest BCUT2D eigenvalue weighted by molar-refractivity contribution is 14.1. The van der Waals surface area contributed by atoms with E-state index in [-0.39, 0.29) is 5.78 Å². The van der Waals surface area contributed by atoms with E-state index in [2.05, 4.69) is 71.4 Å². The third-order valence-corrected chi connectivity index (χ3v) is 4.77. The van der Waals surface area contributed by atoms with Gasteiger partial charge in [0.25, 0.3) is 0 Å². The fourth-order valence-corrected chi connectivity index (χ4v) is 3.41. The van der Waals surface area contributed by atoms with Crippen molar-refractivity contribution in [3.63, 3.8) is 0 Å². The molecule has 0 saturated heterocycles. The molecule has 3 heteroatoms. The molecule has 0 atom stereocenters. The minimum Gasteiger partial charge on any atom is -0.294 e. The van der Waals surface area contributed by atoms with Gasteiger partial charge in [-0.05, 0) is 78.3 Å². The maximum atomic E-state index is 12.5. The van der Waals surface area contributed by atoms with Crippen molar-refractivity contribution in [1.29, 1.82) is 0 Å². The fraction of sp³-hybridized carbons (Fsp3) is 0.235. The van der Waals surface area contributed by atoms with Crippen molar-refractivity contribution >= 4 is 44.3 Å². The molecular formula is C17H16BrIO. The van der Waals surface area contributed by atoms with Crippen molar-refractivity contribution in [3.05, 3.63) is 66.2 Å². The van der Waals surface area contributed by atoms with Gasteiger partial charge >= 0.3 is 0 Å². The first-order valence-electron chi connectivity index (χ1n) is 6.43. The zero-order valence-electron chi connectivity index (χ0n) is 11.8. The highest BCUT2D eigenvalue weighted by Crippen LogP contribution is 2.23. The number of carbonyl (C=O) groups excluding carboxylic acids is 1. The number of benzene rings is 2. The van der Waals surface area contributed by atoms with E-state index in [0.717, 1.165) is 19.2 Å². The van der Waals surface area contributed by atoms with Gasteiger partial charge in [-0.2, -0.15) is 0 Å². The lowest BCUT2D eigenvalue weighted by molar-refractivity contribution is 0.0991. The predicted octanol–water partition coefficient (Wildman–Crippen LogP) is 5.40. The van der Waals surface area contributed by atoms with E-state index in [9.17, 15) is 4.79 Å². The first-order valence-corrected chi connectivity index (χ1v) is 8.30. The van der Waals surface area contributed by atoms with Crippen LogP contribution in [0.1, 0.15) is 32.6 Å². The second-order valence-corrected chi connectivity index (χ2v) is 7.20. The van der Waals surface area contributed by atoms with E-state index >= 15 is 0 Å². The molecule has 0 unspecified atom stereocenters. The molecule has 2 aromatic carbocycles. The summed E-state index contributed by atoms with van der Waals surface area (Å²) in [6, 6.07) is 10.1. The van der Waals surface area contributed by atoms with Crippen LogP contribution in [0.15, 0.2) is 34.8 Å². The van der Waals surface area contributed by atoms with Crippen molar-refractivity contribution in [2.75, 3.05) is 0 Å². The first kappa shape index (κ1) is 15.7. The van der Waals surface area contributed by atoms with Gasteiger partial charge in [-0.3, -0.25) is 4.79 Å². The molecule has 1 nitrogen and oxygen atoms in total.